The van der Waals surface area contributed by atoms with Gasteiger partial charge in [0.15, 0.2) is 0 Å². The first-order valence-corrected chi connectivity index (χ1v) is 5.68. The van der Waals surface area contributed by atoms with Crippen LogP contribution in [0.3, 0.4) is 0 Å². The molecule has 0 bridgehead atoms. The van der Waals surface area contributed by atoms with E-state index in [1.807, 2.05) is 12.3 Å². The largest absolute Gasteiger partial charge is 0.390 e. The SMILES string of the molecule is CC1CC(O)(Cc2cncc(Br)c2)C1. The number of rotatable bonds is 2. The van der Waals surface area contributed by atoms with E-state index >= 15 is 0 Å². The van der Waals surface area contributed by atoms with Crippen LogP contribution in [0.25, 0.3) is 0 Å². The lowest BCUT2D eigenvalue weighted by molar-refractivity contribution is -0.0666. The molecule has 1 aromatic heterocycles. The molecular weight excluding hydrogens is 242 g/mol. The molecule has 0 amide bonds. The van der Waals surface area contributed by atoms with Crippen molar-refractivity contribution < 1.29 is 5.11 Å². The Hall–Kier alpha value is -0.410. The smallest absolute Gasteiger partial charge is 0.0693 e. The van der Waals surface area contributed by atoms with Crippen molar-refractivity contribution in [3.05, 3.63) is 28.5 Å². The van der Waals surface area contributed by atoms with Gasteiger partial charge in [-0.25, -0.2) is 0 Å². The van der Waals surface area contributed by atoms with Gasteiger partial charge in [0, 0.05) is 23.3 Å². The normalized spacial score (nSPS) is 31.2. The minimum atomic E-state index is -0.470. The first kappa shape index (κ1) is 10.1. The lowest BCUT2D eigenvalue weighted by atomic mass is 9.69. The van der Waals surface area contributed by atoms with E-state index in [1.54, 1.807) is 6.20 Å². The van der Waals surface area contributed by atoms with Gasteiger partial charge in [-0.2, -0.15) is 0 Å². The summed E-state index contributed by atoms with van der Waals surface area (Å²) in [6.45, 7) is 2.17. The first-order chi connectivity index (χ1) is 6.57. The highest BCUT2D eigenvalue weighted by atomic mass is 79.9. The molecule has 1 aromatic rings. The fraction of sp³-hybridized carbons (Fsp3) is 0.545. The molecule has 0 spiro atoms. The lowest BCUT2D eigenvalue weighted by Crippen LogP contribution is -2.44. The number of aliphatic hydroxyl groups is 1. The van der Waals surface area contributed by atoms with Crippen molar-refractivity contribution >= 4 is 15.9 Å². The molecule has 3 heteroatoms. The molecule has 0 radical (unpaired) electrons. The third kappa shape index (κ3) is 2.15. The number of halogens is 1. The predicted molar refractivity (Wildman–Crippen MR) is 59.0 cm³/mol. The molecule has 14 heavy (non-hydrogen) atoms. The number of hydrogen-bond donors (Lipinski definition) is 1. The van der Waals surface area contributed by atoms with E-state index in [4.69, 9.17) is 0 Å². The van der Waals surface area contributed by atoms with E-state index in [0.717, 1.165) is 29.3 Å². The number of nitrogens with zero attached hydrogens (tertiary/aromatic N) is 1. The Morgan fingerprint density at radius 1 is 1.57 bits per heavy atom. The van der Waals surface area contributed by atoms with Gasteiger partial charge in [-0.1, -0.05) is 6.92 Å². The molecule has 1 fully saturated rings. The van der Waals surface area contributed by atoms with Crippen LogP contribution in [0.1, 0.15) is 25.3 Å². The van der Waals surface area contributed by atoms with Crippen molar-refractivity contribution in [2.45, 2.75) is 31.8 Å². The van der Waals surface area contributed by atoms with E-state index in [2.05, 4.69) is 27.8 Å². The fourth-order valence-electron chi connectivity index (χ4n) is 2.31. The summed E-state index contributed by atoms with van der Waals surface area (Å²) >= 11 is 3.38. The van der Waals surface area contributed by atoms with E-state index < -0.39 is 5.60 Å². The molecule has 76 valence electrons. The molecule has 0 atom stereocenters. The van der Waals surface area contributed by atoms with Crippen LogP contribution in [0.5, 0.6) is 0 Å². The van der Waals surface area contributed by atoms with Crippen molar-refractivity contribution in [1.82, 2.24) is 4.98 Å². The highest BCUT2D eigenvalue weighted by molar-refractivity contribution is 9.10. The quantitative estimate of drug-likeness (QED) is 0.882. The summed E-state index contributed by atoms with van der Waals surface area (Å²) in [7, 11) is 0. The molecule has 2 nitrogen and oxygen atoms in total. The van der Waals surface area contributed by atoms with Crippen LogP contribution < -0.4 is 0 Å². The average molecular weight is 256 g/mol. The van der Waals surface area contributed by atoms with Gasteiger partial charge in [-0.05, 0) is 46.3 Å². The molecule has 0 unspecified atom stereocenters. The zero-order valence-electron chi connectivity index (χ0n) is 8.20. The van der Waals surface area contributed by atoms with Crippen molar-refractivity contribution in [2.24, 2.45) is 5.92 Å². The van der Waals surface area contributed by atoms with Gasteiger partial charge in [0.2, 0.25) is 0 Å². The van der Waals surface area contributed by atoms with Gasteiger partial charge in [0.05, 0.1) is 5.60 Å². The Morgan fingerprint density at radius 3 is 2.86 bits per heavy atom. The van der Waals surface area contributed by atoms with Gasteiger partial charge in [0.25, 0.3) is 0 Å². The van der Waals surface area contributed by atoms with Crippen LogP contribution in [0.4, 0.5) is 0 Å². The molecule has 1 saturated carbocycles. The average Bonchev–Trinajstić information content (AvgIpc) is 2.00. The lowest BCUT2D eigenvalue weighted by Gasteiger charge is -2.42. The van der Waals surface area contributed by atoms with Crippen LogP contribution in [-0.4, -0.2) is 15.7 Å². The Bertz CT molecular complexity index is 334. The fourth-order valence-corrected chi connectivity index (χ4v) is 2.73. The standard InChI is InChI=1S/C11H14BrNO/c1-8-3-11(14,4-8)5-9-2-10(12)7-13-6-9/h2,6-8,14H,3-5H2,1H3. The topological polar surface area (TPSA) is 33.1 Å². The maximum absolute atomic E-state index is 10.1. The third-order valence-corrected chi connectivity index (χ3v) is 3.19. The Balaban J connectivity index is 2.04. The van der Waals surface area contributed by atoms with Gasteiger partial charge >= 0.3 is 0 Å². The van der Waals surface area contributed by atoms with Gasteiger partial charge in [0.1, 0.15) is 0 Å². The summed E-state index contributed by atoms with van der Waals surface area (Å²) in [6, 6.07) is 2.02. The van der Waals surface area contributed by atoms with Crippen molar-refractivity contribution in [3.63, 3.8) is 0 Å². The maximum Gasteiger partial charge on any atom is 0.0693 e. The Kier molecular flexibility index (Phi) is 2.62. The molecule has 0 aromatic carbocycles. The minimum absolute atomic E-state index is 0.470. The van der Waals surface area contributed by atoms with Crippen molar-refractivity contribution in [3.8, 4) is 0 Å². The summed E-state index contributed by atoms with van der Waals surface area (Å²) in [5.41, 5.74) is 0.635. The second-order valence-corrected chi connectivity index (χ2v) is 5.34. The minimum Gasteiger partial charge on any atom is -0.390 e. The van der Waals surface area contributed by atoms with E-state index in [1.165, 1.54) is 0 Å². The maximum atomic E-state index is 10.1. The molecule has 1 aliphatic carbocycles. The molecule has 1 aliphatic rings. The van der Waals surface area contributed by atoms with Gasteiger partial charge in [-0.3, -0.25) is 4.98 Å². The van der Waals surface area contributed by atoms with Crippen LogP contribution >= 0.6 is 15.9 Å². The molecule has 1 heterocycles. The zero-order chi connectivity index (χ0) is 10.2. The first-order valence-electron chi connectivity index (χ1n) is 4.89. The van der Waals surface area contributed by atoms with Crippen molar-refractivity contribution in [1.29, 1.82) is 0 Å². The number of pyridine rings is 1. The number of aromatic nitrogens is 1. The summed E-state index contributed by atoms with van der Waals surface area (Å²) in [5.74, 6) is 0.667. The van der Waals surface area contributed by atoms with Crippen LogP contribution in [0.2, 0.25) is 0 Å². The van der Waals surface area contributed by atoms with E-state index in [0.29, 0.717) is 5.92 Å². The third-order valence-electron chi connectivity index (χ3n) is 2.75. The molecule has 1 N–H and O–H groups in total. The van der Waals surface area contributed by atoms with Crippen molar-refractivity contribution in [2.75, 3.05) is 0 Å². The van der Waals surface area contributed by atoms with Gasteiger partial charge < -0.3 is 5.11 Å². The molecular formula is C11H14BrNO. The molecule has 2 rings (SSSR count). The highest BCUT2D eigenvalue weighted by Gasteiger charge is 2.39. The summed E-state index contributed by atoms with van der Waals surface area (Å²) in [6.07, 6.45) is 6.14. The van der Waals surface area contributed by atoms with Crippen LogP contribution in [0, 0.1) is 5.92 Å². The summed E-state index contributed by atoms with van der Waals surface area (Å²) in [5, 5.41) is 10.1. The van der Waals surface area contributed by atoms with E-state index in [-0.39, 0.29) is 0 Å². The summed E-state index contributed by atoms with van der Waals surface area (Å²) in [4.78, 5) is 4.09. The van der Waals surface area contributed by atoms with Crippen LogP contribution in [0.15, 0.2) is 22.9 Å². The predicted octanol–water partition coefficient (Wildman–Crippen LogP) is 2.55. The number of hydrogen-bond acceptors (Lipinski definition) is 2. The Morgan fingerprint density at radius 2 is 2.29 bits per heavy atom. The van der Waals surface area contributed by atoms with Crippen LogP contribution in [-0.2, 0) is 6.42 Å². The second kappa shape index (κ2) is 3.63. The second-order valence-electron chi connectivity index (χ2n) is 4.43. The Labute approximate surface area is 92.5 Å². The molecule has 0 saturated heterocycles. The highest BCUT2D eigenvalue weighted by Crippen LogP contribution is 2.39. The molecule has 0 aliphatic heterocycles. The van der Waals surface area contributed by atoms with E-state index in [9.17, 15) is 5.11 Å². The monoisotopic (exact) mass is 255 g/mol. The zero-order valence-corrected chi connectivity index (χ0v) is 9.79. The van der Waals surface area contributed by atoms with Gasteiger partial charge in [-0.15, -0.1) is 0 Å². The summed E-state index contributed by atoms with van der Waals surface area (Å²) < 4.78 is 0.978.